The topological polar surface area (TPSA) is 79.0 Å². The van der Waals surface area contributed by atoms with E-state index in [1.807, 2.05) is 17.9 Å². The number of sulfonamides is 1. The van der Waals surface area contributed by atoms with Crippen LogP contribution in [0.25, 0.3) is 0 Å². The summed E-state index contributed by atoms with van der Waals surface area (Å²) in [7, 11) is -3.82. The molecule has 1 amide bonds. The summed E-state index contributed by atoms with van der Waals surface area (Å²) in [6.07, 6.45) is 2.40. The van der Waals surface area contributed by atoms with Crippen molar-refractivity contribution in [2.45, 2.75) is 57.6 Å². The highest BCUT2D eigenvalue weighted by Gasteiger charge is 2.29. The first-order valence-corrected chi connectivity index (χ1v) is 14.0. The van der Waals surface area contributed by atoms with Crippen molar-refractivity contribution in [2.24, 2.45) is 5.92 Å². The predicted molar refractivity (Wildman–Crippen MR) is 138 cm³/mol. The largest absolute Gasteiger partial charge is 0.373 e. The predicted octanol–water partition coefficient (Wildman–Crippen LogP) is 4.07. The number of anilines is 1. The summed E-state index contributed by atoms with van der Waals surface area (Å²) in [5.74, 6) is 0.422. The van der Waals surface area contributed by atoms with Crippen LogP contribution in [0.1, 0.15) is 48.2 Å². The van der Waals surface area contributed by atoms with Gasteiger partial charge in [0.05, 0.1) is 28.4 Å². The maximum absolute atomic E-state index is 13.4. The van der Waals surface area contributed by atoms with E-state index in [1.165, 1.54) is 0 Å². The van der Waals surface area contributed by atoms with Gasteiger partial charge in [0.1, 0.15) is 0 Å². The number of amides is 1. The Balaban J connectivity index is 1.42. The number of aryl methyl sites for hydroxylation is 2. The van der Waals surface area contributed by atoms with E-state index in [4.69, 9.17) is 4.74 Å². The first-order chi connectivity index (χ1) is 16.6. The summed E-state index contributed by atoms with van der Waals surface area (Å²) in [6, 6.07) is 12.2. The molecule has 2 unspecified atom stereocenters. The molecule has 0 spiro atoms. The van der Waals surface area contributed by atoms with Crippen LogP contribution in [0, 0.1) is 19.8 Å². The molecule has 0 aromatic heterocycles. The van der Waals surface area contributed by atoms with Crippen LogP contribution in [-0.4, -0.2) is 69.1 Å². The molecule has 35 heavy (non-hydrogen) atoms. The van der Waals surface area contributed by atoms with E-state index in [9.17, 15) is 13.2 Å². The van der Waals surface area contributed by atoms with Gasteiger partial charge in [-0.15, -0.1) is 0 Å². The molecule has 0 saturated carbocycles. The fourth-order valence-electron chi connectivity index (χ4n) is 5.24. The van der Waals surface area contributed by atoms with Crippen molar-refractivity contribution in [1.82, 2.24) is 9.80 Å². The normalized spacial score (nSPS) is 22.2. The average Bonchev–Trinajstić information content (AvgIpc) is 2.80. The van der Waals surface area contributed by atoms with Gasteiger partial charge in [0, 0.05) is 32.7 Å². The van der Waals surface area contributed by atoms with Crippen LogP contribution in [0.3, 0.4) is 0 Å². The number of benzene rings is 2. The number of para-hydroxylation sites is 1. The summed E-state index contributed by atoms with van der Waals surface area (Å²) >= 11 is 0. The minimum Gasteiger partial charge on any atom is -0.373 e. The van der Waals surface area contributed by atoms with Crippen molar-refractivity contribution >= 4 is 21.6 Å². The Morgan fingerprint density at radius 1 is 1.03 bits per heavy atom. The number of carbonyl (C=O) groups is 1. The average molecular weight is 500 g/mol. The molecular weight excluding hydrogens is 462 g/mol. The van der Waals surface area contributed by atoms with Crippen molar-refractivity contribution in [3.63, 3.8) is 0 Å². The number of ether oxygens (including phenoxy) is 1. The maximum atomic E-state index is 13.4. The van der Waals surface area contributed by atoms with Gasteiger partial charge in [-0.2, -0.15) is 0 Å². The van der Waals surface area contributed by atoms with E-state index in [0.29, 0.717) is 35.8 Å². The number of hydrogen-bond donors (Lipinski definition) is 1. The zero-order chi connectivity index (χ0) is 25.2. The molecule has 2 aromatic rings. The lowest BCUT2D eigenvalue weighted by atomic mass is 9.95. The molecular formula is C27H37N3O4S. The van der Waals surface area contributed by atoms with Crippen LogP contribution in [0.5, 0.6) is 0 Å². The summed E-state index contributed by atoms with van der Waals surface area (Å²) < 4.78 is 34.8. The van der Waals surface area contributed by atoms with Gasteiger partial charge in [0.25, 0.3) is 15.9 Å². The monoisotopic (exact) mass is 499 g/mol. The first kappa shape index (κ1) is 25.7. The van der Waals surface area contributed by atoms with Crippen molar-refractivity contribution in [2.75, 3.05) is 37.4 Å². The number of nitrogens with one attached hydrogen (secondary N) is 1. The summed E-state index contributed by atoms with van der Waals surface area (Å²) in [6.45, 7) is 12.2. The van der Waals surface area contributed by atoms with Crippen LogP contribution in [0.2, 0.25) is 0 Å². The Morgan fingerprint density at radius 3 is 2.37 bits per heavy atom. The Kier molecular flexibility index (Phi) is 7.83. The van der Waals surface area contributed by atoms with Crippen molar-refractivity contribution in [1.29, 1.82) is 0 Å². The Bertz CT molecular complexity index is 1150. The quantitative estimate of drug-likeness (QED) is 0.648. The third-order valence-electron chi connectivity index (χ3n) is 6.95. The van der Waals surface area contributed by atoms with Gasteiger partial charge in [-0.3, -0.25) is 14.4 Å². The highest BCUT2D eigenvalue weighted by molar-refractivity contribution is 7.92. The second-order valence-corrected chi connectivity index (χ2v) is 11.8. The van der Waals surface area contributed by atoms with Gasteiger partial charge in [-0.05, 0) is 75.8 Å². The number of nitrogens with zero attached hydrogens (tertiary/aromatic N) is 2. The molecule has 1 N–H and O–H groups in total. The smallest absolute Gasteiger partial charge is 0.262 e. The fourth-order valence-corrected chi connectivity index (χ4v) is 6.65. The second kappa shape index (κ2) is 10.7. The first-order valence-electron chi connectivity index (χ1n) is 12.5. The molecule has 2 saturated heterocycles. The third kappa shape index (κ3) is 6.23. The molecule has 2 aliphatic rings. The van der Waals surface area contributed by atoms with Crippen LogP contribution < -0.4 is 4.72 Å². The maximum Gasteiger partial charge on any atom is 0.262 e. The van der Waals surface area contributed by atoms with E-state index >= 15 is 0 Å². The Morgan fingerprint density at radius 2 is 1.69 bits per heavy atom. The molecule has 2 aromatic carbocycles. The number of piperidine rings is 1. The molecule has 0 radical (unpaired) electrons. The van der Waals surface area contributed by atoms with Crippen molar-refractivity contribution < 1.29 is 17.9 Å². The number of rotatable bonds is 6. The lowest BCUT2D eigenvalue weighted by molar-refractivity contribution is -0.0728. The van der Waals surface area contributed by atoms with Gasteiger partial charge in [-0.1, -0.05) is 24.3 Å². The van der Waals surface area contributed by atoms with Crippen LogP contribution >= 0.6 is 0 Å². The van der Waals surface area contributed by atoms with E-state index in [1.54, 1.807) is 43.3 Å². The van der Waals surface area contributed by atoms with E-state index in [2.05, 4.69) is 23.5 Å². The molecule has 2 fully saturated rings. The Hall–Kier alpha value is -2.42. The number of carbonyl (C=O) groups excluding carboxylic acids is 1. The van der Waals surface area contributed by atoms with Crippen molar-refractivity contribution in [3.8, 4) is 0 Å². The number of likely N-dealkylation sites (tertiary alicyclic amines) is 1. The molecule has 2 aliphatic heterocycles. The van der Waals surface area contributed by atoms with Crippen molar-refractivity contribution in [3.05, 3.63) is 59.2 Å². The van der Waals surface area contributed by atoms with E-state index in [-0.39, 0.29) is 23.0 Å². The molecule has 2 atom stereocenters. The van der Waals surface area contributed by atoms with Gasteiger partial charge >= 0.3 is 0 Å². The number of morpholine rings is 1. The lowest BCUT2D eigenvalue weighted by Crippen LogP contribution is -2.48. The molecule has 4 rings (SSSR count). The molecule has 8 heteroatoms. The zero-order valence-electron chi connectivity index (χ0n) is 21.2. The molecule has 0 bridgehead atoms. The highest BCUT2D eigenvalue weighted by Crippen LogP contribution is 2.27. The minimum atomic E-state index is -3.82. The number of hydrogen-bond acceptors (Lipinski definition) is 5. The standard InChI is InChI=1S/C27H37N3O4S/c1-19-9-10-20(2)26(15-19)35(32,33)28-25-8-6-5-7-24(25)27(31)30-13-11-23(12-14-30)18-29-16-21(3)34-22(4)17-29/h5-10,15,21-23,28H,11-14,16-18H2,1-4H3. The lowest BCUT2D eigenvalue weighted by Gasteiger charge is -2.39. The summed E-state index contributed by atoms with van der Waals surface area (Å²) in [5, 5.41) is 0. The SMILES string of the molecule is Cc1ccc(C)c(S(=O)(=O)Nc2ccccc2C(=O)N2CCC(CN3CC(C)OC(C)C3)CC2)c1. The van der Waals surface area contributed by atoms with Gasteiger partial charge in [0.15, 0.2) is 0 Å². The van der Waals surface area contributed by atoms with Gasteiger partial charge in [0.2, 0.25) is 0 Å². The van der Waals surface area contributed by atoms with Gasteiger partial charge in [-0.25, -0.2) is 8.42 Å². The van der Waals surface area contributed by atoms with Crippen LogP contribution in [0.15, 0.2) is 47.4 Å². The molecule has 190 valence electrons. The van der Waals surface area contributed by atoms with E-state index < -0.39 is 10.0 Å². The summed E-state index contributed by atoms with van der Waals surface area (Å²) in [5.41, 5.74) is 2.23. The third-order valence-corrected chi connectivity index (χ3v) is 8.46. The second-order valence-electron chi connectivity index (χ2n) is 10.1. The Labute approximate surface area is 209 Å². The zero-order valence-corrected chi connectivity index (χ0v) is 22.0. The van der Waals surface area contributed by atoms with Crippen LogP contribution in [-0.2, 0) is 14.8 Å². The minimum absolute atomic E-state index is 0.128. The highest BCUT2D eigenvalue weighted by atomic mass is 32.2. The molecule has 7 nitrogen and oxygen atoms in total. The molecule has 0 aliphatic carbocycles. The fraction of sp³-hybridized carbons (Fsp3) is 0.519. The van der Waals surface area contributed by atoms with Crippen LogP contribution in [0.4, 0.5) is 5.69 Å². The van der Waals surface area contributed by atoms with Gasteiger partial charge < -0.3 is 9.64 Å². The van der Waals surface area contributed by atoms with E-state index in [0.717, 1.165) is 38.0 Å². The molecule has 2 heterocycles. The summed E-state index contributed by atoms with van der Waals surface area (Å²) in [4.78, 5) is 18.0.